The maximum absolute atomic E-state index is 12.8. The third kappa shape index (κ3) is 3.24. The zero-order chi connectivity index (χ0) is 18.1. The van der Waals surface area contributed by atoms with Crippen LogP contribution in [0.25, 0.3) is 11.0 Å². The number of benzene rings is 2. The van der Waals surface area contributed by atoms with Crippen molar-refractivity contribution < 1.29 is 4.79 Å². The first-order valence-corrected chi connectivity index (χ1v) is 9.40. The summed E-state index contributed by atoms with van der Waals surface area (Å²) in [6.07, 6.45) is 2.97. The van der Waals surface area contributed by atoms with Crippen LogP contribution in [0.5, 0.6) is 0 Å². The molecule has 3 aromatic rings. The number of likely N-dealkylation sites (tertiary alicyclic amines) is 1. The van der Waals surface area contributed by atoms with Crippen molar-refractivity contribution in [2.45, 2.75) is 39.7 Å². The van der Waals surface area contributed by atoms with Crippen LogP contribution in [0.4, 0.5) is 0 Å². The third-order valence-corrected chi connectivity index (χ3v) is 5.40. The molecule has 0 atom stereocenters. The predicted molar refractivity (Wildman–Crippen MR) is 104 cm³/mol. The van der Waals surface area contributed by atoms with Crippen molar-refractivity contribution in [1.29, 1.82) is 0 Å². The monoisotopic (exact) mass is 347 g/mol. The van der Waals surface area contributed by atoms with E-state index in [0.717, 1.165) is 49.2 Å². The molecule has 1 aliphatic heterocycles. The van der Waals surface area contributed by atoms with Crippen LogP contribution in [0.15, 0.2) is 42.5 Å². The second-order valence-corrected chi connectivity index (χ2v) is 7.29. The van der Waals surface area contributed by atoms with Crippen LogP contribution in [0.1, 0.15) is 35.4 Å². The van der Waals surface area contributed by atoms with Gasteiger partial charge in [-0.05, 0) is 55.5 Å². The molecule has 0 bridgehead atoms. The fourth-order valence-electron chi connectivity index (χ4n) is 3.72. The van der Waals surface area contributed by atoms with Gasteiger partial charge in [-0.25, -0.2) is 4.98 Å². The standard InChI is InChI=1S/C22H25N3O/c1-16-12-19-20(13-17(16)2)25(15-22(26)24-10-6-7-11-24)21(23-19)14-18-8-4-3-5-9-18/h3-5,8-9,12-13H,6-7,10-11,14-15H2,1-2H3. The molecule has 1 saturated heterocycles. The summed E-state index contributed by atoms with van der Waals surface area (Å²) >= 11 is 0. The number of carbonyl (C=O) groups excluding carboxylic acids is 1. The number of carbonyl (C=O) groups is 1. The van der Waals surface area contributed by atoms with Crippen molar-refractivity contribution in [1.82, 2.24) is 14.5 Å². The Morgan fingerprint density at radius 2 is 1.73 bits per heavy atom. The van der Waals surface area contributed by atoms with Gasteiger partial charge in [-0.15, -0.1) is 0 Å². The molecule has 2 heterocycles. The van der Waals surface area contributed by atoms with Crippen molar-refractivity contribution in [3.63, 3.8) is 0 Å². The van der Waals surface area contributed by atoms with Gasteiger partial charge in [0.15, 0.2) is 0 Å². The van der Waals surface area contributed by atoms with Crippen molar-refractivity contribution in [3.05, 3.63) is 65.0 Å². The van der Waals surface area contributed by atoms with E-state index in [-0.39, 0.29) is 5.91 Å². The quantitative estimate of drug-likeness (QED) is 0.719. The molecular weight excluding hydrogens is 322 g/mol. The third-order valence-electron chi connectivity index (χ3n) is 5.40. The largest absolute Gasteiger partial charge is 0.341 e. The highest BCUT2D eigenvalue weighted by molar-refractivity contribution is 5.82. The number of hydrogen-bond donors (Lipinski definition) is 0. The van der Waals surface area contributed by atoms with Gasteiger partial charge in [0.25, 0.3) is 0 Å². The molecule has 2 aromatic carbocycles. The molecule has 0 radical (unpaired) electrons. The van der Waals surface area contributed by atoms with E-state index >= 15 is 0 Å². The summed E-state index contributed by atoms with van der Waals surface area (Å²) in [5, 5.41) is 0. The van der Waals surface area contributed by atoms with Crippen LogP contribution in [0, 0.1) is 13.8 Å². The normalized spacial score (nSPS) is 14.3. The molecule has 1 fully saturated rings. The lowest BCUT2D eigenvalue weighted by Crippen LogP contribution is -2.31. The highest BCUT2D eigenvalue weighted by atomic mass is 16.2. The lowest BCUT2D eigenvalue weighted by atomic mass is 10.1. The van der Waals surface area contributed by atoms with Crippen molar-refractivity contribution in [3.8, 4) is 0 Å². The fourth-order valence-corrected chi connectivity index (χ4v) is 3.72. The summed E-state index contributed by atoms with van der Waals surface area (Å²) in [6, 6.07) is 14.7. The highest BCUT2D eigenvalue weighted by Gasteiger charge is 2.21. The molecule has 1 amide bonds. The minimum absolute atomic E-state index is 0.203. The van der Waals surface area contributed by atoms with Gasteiger partial charge in [-0.3, -0.25) is 4.79 Å². The average molecular weight is 347 g/mol. The molecule has 1 aromatic heterocycles. The van der Waals surface area contributed by atoms with Crippen LogP contribution >= 0.6 is 0 Å². The smallest absolute Gasteiger partial charge is 0.242 e. The van der Waals surface area contributed by atoms with Gasteiger partial charge in [0, 0.05) is 19.5 Å². The molecule has 0 aliphatic carbocycles. The van der Waals surface area contributed by atoms with Crippen LogP contribution in [-0.2, 0) is 17.8 Å². The van der Waals surface area contributed by atoms with Crippen LogP contribution < -0.4 is 0 Å². The summed E-state index contributed by atoms with van der Waals surface area (Å²) in [6.45, 7) is 6.38. The van der Waals surface area contributed by atoms with Gasteiger partial charge < -0.3 is 9.47 Å². The van der Waals surface area contributed by atoms with Crippen molar-refractivity contribution in [2.75, 3.05) is 13.1 Å². The van der Waals surface area contributed by atoms with E-state index in [1.54, 1.807) is 0 Å². The molecule has 4 nitrogen and oxygen atoms in total. The Morgan fingerprint density at radius 1 is 1.04 bits per heavy atom. The van der Waals surface area contributed by atoms with E-state index in [1.165, 1.54) is 16.7 Å². The molecular formula is C22H25N3O. The Hall–Kier alpha value is -2.62. The maximum Gasteiger partial charge on any atom is 0.242 e. The molecule has 134 valence electrons. The lowest BCUT2D eigenvalue weighted by Gasteiger charge is -2.17. The Kier molecular flexibility index (Phi) is 4.49. The van der Waals surface area contributed by atoms with Gasteiger partial charge in [0.1, 0.15) is 12.4 Å². The second-order valence-electron chi connectivity index (χ2n) is 7.29. The number of amides is 1. The molecule has 0 N–H and O–H groups in total. The lowest BCUT2D eigenvalue weighted by molar-refractivity contribution is -0.130. The van der Waals surface area contributed by atoms with Crippen LogP contribution in [0.3, 0.4) is 0 Å². The maximum atomic E-state index is 12.8. The summed E-state index contributed by atoms with van der Waals surface area (Å²) in [7, 11) is 0. The summed E-state index contributed by atoms with van der Waals surface area (Å²) in [5.74, 6) is 1.16. The molecule has 26 heavy (non-hydrogen) atoms. The number of fused-ring (bicyclic) bond motifs is 1. The average Bonchev–Trinajstić information content (AvgIpc) is 3.27. The van der Waals surface area contributed by atoms with Gasteiger partial charge in [-0.2, -0.15) is 0 Å². The predicted octanol–water partition coefficient (Wildman–Crippen LogP) is 3.87. The van der Waals surface area contributed by atoms with Crippen LogP contribution in [0.2, 0.25) is 0 Å². The zero-order valence-electron chi connectivity index (χ0n) is 15.5. The Morgan fingerprint density at radius 3 is 2.46 bits per heavy atom. The first kappa shape index (κ1) is 16.8. The van der Waals surface area contributed by atoms with E-state index < -0.39 is 0 Å². The first-order chi connectivity index (χ1) is 12.6. The minimum Gasteiger partial charge on any atom is -0.341 e. The van der Waals surface area contributed by atoms with Crippen LogP contribution in [-0.4, -0.2) is 33.4 Å². The number of aromatic nitrogens is 2. The number of rotatable bonds is 4. The van der Waals surface area contributed by atoms with Gasteiger partial charge in [0.05, 0.1) is 11.0 Å². The number of hydrogen-bond acceptors (Lipinski definition) is 2. The Bertz CT molecular complexity index is 937. The van der Waals surface area contributed by atoms with Gasteiger partial charge in [-0.1, -0.05) is 30.3 Å². The molecule has 0 saturated carbocycles. The summed E-state index contributed by atoms with van der Waals surface area (Å²) in [5.41, 5.74) is 5.73. The first-order valence-electron chi connectivity index (χ1n) is 9.40. The highest BCUT2D eigenvalue weighted by Crippen LogP contribution is 2.23. The summed E-state index contributed by atoms with van der Waals surface area (Å²) in [4.78, 5) is 19.7. The SMILES string of the molecule is Cc1cc2nc(Cc3ccccc3)n(CC(=O)N3CCCC3)c2cc1C. The topological polar surface area (TPSA) is 38.1 Å². The second kappa shape index (κ2) is 6.94. The van der Waals surface area contributed by atoms with E-state index in [9.17, 15) is 4.79 Å². The number of aryl methyl sites for hydroxylation is 2. The summed E-state index contributed by atoms with van der Waals surface area (Å²) < 4.78 is 2.12. The molecule has 0 unspecified atom stereocenters. The molecule has 4 rings (SSSR count). The number of nitrogens with zero attached hydrogens (tertiary/aromatic N) is 3. The Balaban J connectivity index is 1.74. The van der Waals surface area contributed by atoms with E-state index in [0.29, 0.717) is 6.54 Å². The van der Waals surface area contributed by atoms with Crippen molar-refractivity contribution >= 4 is 16.9 Å². The fraction of sp³-hybridized carbons (Fsp3) is 0.364. The van der Waals surface area contributed by atoms with Gasteiger partial charge in [0.2, 0.25) is 5.91 Å². The Labute approximate surface area is 154 Å². The molecule has 4 heteroatoms. The minimum atomic E-state index is 0.203. The molecule has 1 aliphatic rings. The van der Waals surface area contributed by atoms with E-state index in [4.69, 9.17) is 4.98 Å². The van der Waals surface area contributed by atoms with Gasteiger partial charge >= 0.3 is 0 Å². The number of imidazole rings is 1. The zero-order valence-corrected chi connectivity index (χ0v) is 15.5. The molecule has 0 spiro atoms. The van der Waals surface area contributed by atoms with Crippen molar-refractivity contribution in [2.24, 2.45) is 0 Å². The van der Waals surface area contributed by atoms with E-state index in [1.807, 2.05) is 23.1 Å². The van der Waals surface area contributed by atoms with E-state index in [2.05, 4.69) is 42.7 Å².